The molecule has 2 rings (SSSR count). The Labute approximate surface area is 109 Å². The maximum Gasteiger partial charge on any atom is 0.244 e. The highest BCUT2D eigenvalue weighted by Crippen LogP contribution is 2.32. The van der Waals surface area contributed by atoms with Crippen LogP contribution in [0.5, 0.6) is 5.75 Å². The predicted octanol–water partition coefficient (Wildman–Crippen LogP) is 2.24. The van der Waals surface area contributed by atoms with Crippen LogP contribution in [-0.4, -0.2) is 23.1 Å². The van der Waals surface area contributed by atoms with Crippen molar-refractivity contribution in [2.75, 3.05) is 11.9 Å². The molecule has 1 atom stereocenters. The maximum atomic E-state index is 12.1. The van der Waals surface area contributed by atoms with Crippen molar-refractivity contribution < 1.29 is 9.90 Å². The van der Waals surface area contributed by atoms with Gasteiger partial charge in [0.1, 0.15) is 0 Å². The zero-order chi connectivity index (χ0) is 12.5. The van der Waals surface area contributed by atoms with Crippen molar-refractivity contribution >= 4 is 27.5 Å². The molecule has 0 bridgehead atoms. The summed E-state index contributed by atoms with van der Waals surface area (Å²) >= 11 is 3.22. The molecule has 0 radical (unpaired) electrons. The van der Waals surface area contributed by atoms with Crippen LogP contribution in [0.4, 0.5) is 5.69 Å². The SMILES string of the molecule is CC1(C(=O)Nc2cccc(Br)c2O)CCCN1. The van der Waals surface area contributed by atoms with Crippen LogP contribution in [0.25, 0.3) is 0 Å². The Morgan fingerprint density at radius 3 is 3.00 bits per heavy atom. The standard InChI is InChI=1S/C12H15BrN2O2/c1-12(6-3-7-14-12)11(17)15-9-5-2-4-8(13)10(9)16/h2,4-5,14,16H,3,6-7H2,1H3,(H,15,17). The number of halogens is 1. The molecule has 1 aromatic rings. The number of anilines is 1. The van der Waals surface area contributed by atoms with E-state index in [1.165, 1.54) is 0 Å². The highest BCUT2D eigenvalue weighted by molar-refractivity contribution is 9.10. The average molecular weight is 299 g/mol. The van der Waals surface area contributed by atoms with E-state index in [0.29, 0.717) is 10.2 Å². The molecule has 1 fully saturated rings. The summed E-state index contributed by atoms with van der Waals surface area (Å²) in [6.45, 7) is 2.73. The third-order valence-electron chi connectivity index (χ3n) is 3.10. The van der Waals surface area contributed by atoms with Crippen molar-refractivity contribution in [3.8, 4) is 5.75 Å². The largest absolute Gasteiger partial charge is 0.505 e. The second-order valence-electron chi connectivity index (χ2n) is 4.45. The summed E-state index contributed by atoms with van der Waals surface area (Å²) in [5, 5.41) is 15.7. The van der Waals surface area contributed by atoms with Gasteiger partial charge in [-0.2, -0.15) is 0 Å². The van der Waals surface area contributed by atoms with E-state index >= 15 is 0 Å². The highest BCUT2D eigenvalue weighted by Gasteiger charge is 2.36. The van der Waals surface area contributed by atoms with E-state index in [-0.39, 0.29) is 11.7 Å². The Balaban J connectivity index is 2.16. The minimum Gasteiger partial charge on any atom is -0.505 e. The van der Waals surface area contributed by atoms with Crippen LogP contribution in [-0.2, 0) is 4.79 Å². The van der Waals surface area contributed by atoms with Gasteiger partial charge >= 0.3 is 0 Å². The van der Waals surface area contributed by atoms with Crippen LogP contribution < -0.4 is 10.6 Å². The lowest BCUT2D eigenvalue weighted by atomic mass is 9.99. The Morgan fingerprint density at radius 2 is 2.35 bits per heavy atom. The van der Waals surface area contributed by atoms with Gasteiger partial charge in [-0.1, -0.05) is 6.07 Å². The number of carbonyl (C=O) groups excluding carboxylic acids is 1. The van der Waals surface area contributed by atoms with Gasteiger partial charge in [-0.3, -0.25) is 4.79 Å². The van der Waals surface area contributed by atoms with Crippen LogP contribution in [0.3, 0.4) is 0 Å². The van der Waals surface area contributed by atoms with Gasteiger partial charge in [-0.05, 0) is 54.4 Å². The van der Waals surface area contributed by atoms with Crippen molar-refractivity contribution in [2.45, 2.75) is 25.3 Å². The number of phenols is 1. The van der Waals surface area contributed by atoms with E-state index < -0.39 is 5.54 Å². The van der Waals surface area contributed by atoms with E-state index in [9.17, 15) is 9.90 Å². The summed E-state index contributed by atoms with van der Waals surface area (Å²) in [4.78, 5) is 12.1. The molecule has 1 aliphatic rings. The average Bonchev–Trinajstić information content (AvgIpc) is 2.73. The van der Waals surface area contributed by atoms with E-state index in [4.69, 9.17) is 0 Å². The zero-order valence-corrected chi connectivity index (χ0v) is 11.2. The normalized spacial score (nSPS) is 23.6. The summed E-state index contributed by atoms with van der Waals surface area (Å²) in [5.41, 5.74) is -0.103. The first kappa shape index (κ1) is 12.4. The summed E-state index contributed by atoms with van der Waals surface area (Å²) < 4.78 is 0.569. The first-order valence-electron chi connectivity index (χ1n) is 5.57. The highest BCUT2D eigenvalue weighted by atomic mass is 79.9. The number of benzene rings is 1. The zero-order valence-electron chi connectivity index (χ0n) is 9.59. The number of rotatable bonds is 2. The summed E-state index contributed by atoms with van der Waals surface area (Å²) in [6, 6.07) is 5.17. The molecule has 92 valence electrons. The molecule has 1 amide bonds. The fraction of sp³-hybridized carbons (Fsp3) is 0.417. The molecule has 5 heteroatoms. The molecule has 0 aromatic heterocycles. The third-order valence-corrected chi connectivity index (χ3v) is 3.74. The Bertz CT molecular complexity index is 442. The lowest BCUT2D eigenvalue weighted by Crippen LogP contribution is -2.47. The minimum absolute atomic E-state index is 0.0578. The number of aromatic hydroxyl groups is 1. The number of nitrogens with one attached hydrogen (secondary N) is 2. The van der Waals surface area contributed by atoms with Crippen molar-refractivity contribution in [2.24, 2.45) is 0 Å². The van der Waals surface area contributed by atoms with E-state index in [1.54, 1.807) is 18.2 Å². The van der Waals surface area contributed by atoms with Gasteiger partial charge < -0.3 is 15.7 Å². The minimum atomic E-state index is -0.533. The molecule has 0 aliphatic carbocycles. The quantitative estimate of drug-likeness (QED) is 0.734. The van der Waals surface area contributed by atoms with Gasteiger partial charge in [0.25, 0.3) is 0 Å². The number of hydrogen-bond donors (Lipinski definition) is 3. The van der Waals surface area contributed by atoms with Gasteiger partial charge in [0.2, 0.25) is 5.91 Å². The lowest BCUT2D eigenvalue weighted by Gasteiger charge is -2.23. The van der Waals surface area contributed by atoms with Crippen LogP contribution in [0.15, 0.2) is 22.7 Å². The molecule has 1 heterocycles. The molecule has 3 N–H and O–H groups in total. The molecule has 1 unspecified atom stereocenters. The molecule has 1 aromatic carbocycles. The van der Waals surface area contributed by atoms with Crippen LogP contribution in [0, 0.1) is 0 Å². The van der Waals surface area contributed by atoms with Crippen LogP contribution in [0.2, 0.25) is 0 Å². The number of hydrogen-bond acceptors (Lipinski definition) is 3. The fourth-order valence-electron chi connectivity index (χ4n) is 1.96. The second kappa shape index (κ2) is 4.66. The van der Waals surface area contributed by atoms with Crippen molar-refractivity contribution in [3.63, 3.8) is 0 Å². The maximum absolute atomic E-state index is 12.1. The summed E-state index contributed by atoms with van der Waals surface area (Å²) in [7, 11) is 0. The van der Waals surface area contributed by atoms with Gasteiger partial charge in [0.15, 0.2) is 5.75 Å². The number of carbonyl (C=O) groups is 1. The summed E-state index contributed by atoms with van der Waals surface area (Å²) in [5.74, 6) is -0.0501. The Kier molecular flexibility index (Phi) is 3.40. The first-order chi connectivity index (χ1) is 8.03. The molecule has 1 saturated heterocycles. The Morgan fingerprint density at radius 1 is 1.59 bits per heavy atom. The number of para-hydroxylation sites is 1. The molecule has 0 saturated carbocycles. The second-order valence-corrected chi connectivity index (χ2v) is 5.31. The lowest BCUT2D eigenvalue weighted by molar-refractivity contribution is -0.121. The van der Waals surface area contributed by atoms with Crippen LogP contribution >= 0.6 is 15.9 Å². The molecule has 0 spiro atoms. The van der Waals surface area contributed by atoms with Gasteiger partial charge in [0.05, 0.1) is 15.7 Å². The van der Waals surface area contributed by atoms with E-state index in [1.807, 2.05) is 6.92 Å². The molecular weight excluding hydrogens is 284 g/mol. The van der Waals surface area contributed by atoms with Gasteiger partial charge in [-0.15, -0.1) is 0 Å². The topological polar surface area (TPSA) is 61.4 Å². The monoisotopic (exact) mass is 298 g/mol. The molecule has 17 heavy (non-hydrogen) atoms. The van der Waals surface area contributed by atoms with E-state index in [0.717, 1.165) is 19.4 Å². The fourth-order valence-corrected chi connectivity index (χ4v) is 2.33. The van der Waals surface area contributed by atoms with Crippen molar-refractivity contribution in [3.05, 3.63) is 22.7 Å². The first-order valence-corrected chi connectivity index (χ1v) is 6.36. The van der Waals surface area contributed by atoms with Crippen LogP contribution in [0.1, 0.15) is 19.8 Å². The molecule has 1 aliphatic heterocycles. The Hall–Kier alpha value is -1.07. The van der Waals surface area contributed by atoms with Gasteiger partial charge in [0, 0.05) is 0 Å². The van der Waals surface area contributed by atoms with Crippen molar-refractivity contribution in [1.29, 1.82) is 0 Å². The number of amides is 1. The smallest absolute Gasteiger partial charge is 0.244 e. The summed E-state index contributed by atoms with van der Waals surface area (Å²) in [6.07, 6.45) is 1.81. The number of phenolic OH excluding ortho intramolecular Hbond substituents is 1. The van der Waals surface area contributed by atoms with Crippen molar-refractivity contribution in [1.82, 2.24) is 5.32 Å². The third kappa shape index (κ3) is 2.45. The predicted molar refractivity (Wildman–Crippen MR) is 70.1 cm³/mol. The molecule has 4 nitrogen and oxygen atoms in total. The van der Waals surface area contributed by atoms with E-state index in [2.05, 4.69) is 26.6 Å². The molecular formula is C12H15BrN2O2. The van der Waals surface area contributed by atoms with Gasteiger partial charge in [-0.25, -0.2) is 0 Å².